The van der Waals surface area contributed by atoms with Crippen molar-refractivity contribution < 1.29 is 4.74 Å². The highest BCUT2D eigenvalue weighted by Crippen LogP contribution is 2.18. The molecule has 0 aromatic heterocycles. The second-order valence-corrected chi connectivity index (χ2v) is 6.33. The Bertz CT molecular complexity index is 545. The van der Waals surface area contributed by atoms with E-state index in [0.29, 0.717) is 12.0 Å². The molecule has 140 valence electrons. The van der Waals surface area contributed by atoms with Gasteiger partial charge in [-0.3, -0.25) is 4.99 Å². The normalized spacial score (nSPS) is 17.1. The van der Waals surface area contributed by atoms with Gasteiger partial charge in [0, 0.05) is 25.0 Å². The van der Waals surface area contributed by atoms with Gasteiger partial charge < -0.3 is 15.4 Å². The van der Waals surface area contributed by atoms with Crippen molar-refractivity contribution in [3.63, 3.8) is 0 Å². The molecule has 0 bridgehead atoms. The summed E-state index contributed by atoms with van der Waals surface area (Å²) in [5.74, 6) is 1.33. The Balaban J connectivity index is 0.00000312. The van der Waals surface area contributed by atoms with Crippen molar-refractivity contribution in [1.82, 2.24) is 10.6 Å². The second kappa shape index (κ2) is 12.3. The summed E-state index contributed by atoms with van der Waals surface area (Å²) in [7, 11) is 0. The van der Waals surface area contributed by atoms with E-state index in [2.05, 4.69) is 67.8 Å². The topological polar surface area (TPSA) is 45.7 Å². The minimum Gasteiger partial charge on any atom is -0.377 e. The fourth-order valence-electron chi connectivity index (χ4n) is 2.81. The van der Waals surface area contributed by atoms with E-state index in [1.807, 2.05) is 0 Å². The predicted octanol–water partition coefficient (Wildman–Crippen LogP) is 4.09. The molecule has 0 saturated carbocycles. The first-order valence-corrected chi connectivity index (χ1v) is 9.06. The first kappa shape index (κ1) is 22.0. The Hall–Kier alpha value is -1.08. The minimum absolute atomic E-state index is 0. The van der Waals surface area contributed by atoms with Gasteiger partial charge in [0.1, 0.15) is 0 Å². The molecule has 4 nitrogen and oxygen atoms in total. The summed E-state index contributed by atoms with van der Waals surface area (Å²) in [4.78, 5) is 4.74. The summed E-state index contributed by atoms with van der Waals surface area (Å²) in [5, 5.41) is 6.90. The molecular formula is C20H32IN3O. The molecule has 1 heterocycles. The molecule has 0 amide bonds. The molecule has 1 aromatic carbocycles. The van der Waals surface area contributed by atoms with Gasteiger partial charge in [-0.2, -0.15) is 0 Å². The van der Waals surface area contributed by atoms with Crippen LogP contribution in [0.5, 0.6) is 0 Å². The van der Waals surface area contributed by atoms with E-state index in [1.165, 1.54) is 11.1 Å². The van der Waals surface area contributed by atoms with E-state index < -0.39 is 0 Å². The molecule has 0 fully saturated rings. The standard InChI is InChI=1S/C20H31N3O.HI/c1-4-21-20(22-13-10-18-11-14-24-15-12-18)23-17(3)16(2)19-8-6-5-7-9-19;/h5-9,11,16-17H,4,10,12-15H2,1-3H3,(H2,21,22,23);1H. The first-order valence-electron chi connectivity index (χ1n) is 9.06. The van der Waals surface area contributed by atoms with Crippen LogP contribution in [0, 0.1) is 0 Å². The number of rotatable bonds is 7. The Morgan fingerprint density at radius 1 is 1.24 bits per heavy atom. The number of halogens is 1. The van der Waals surface area contributed by atoms with Gasteiger partial charge in [-0.25, -0.2) is 0 Å². The first-order chi connectivity index (χ1) is 11.7. The van der Waals surface area contributed by atoms with Crippen LogP contribution in [0.3, 0.4) is 0 Å². The average molecular weight is 457 g/mol. The van der Waals surface area contributed by atoms with Crippen LogP contribution < -0.4 is 10.6 Å². The van der Waals surface area contributed by atoms with Crippen molar-refractivity contribution in [2.75, 3.05) is 26.3 Å². The zero-order valence-corrected chi connectivity index (χ0v) is 18.0. The van der Waals surface area contributed by atoms with Crippen molar-refractivity contribution in [2.24, 2.45) is 4.99 Å². The Morgan fingerprint density at radius 3 is 2.64 bits per heavy atom. The molecule has 1 aliphatic heterocycles. The quantitative estimate of drug-likeness (QED) is 0.281. The van der Waals surface area contributed by atoms with Gasteiger partial charge >= 0.3 is 0 Å². The molecular weight excluding hydrogens is 425 g/mol. The predicted molar refractivity (Wildman–Crippen MR) is 117 cm³/mol. The molecule has 1 aliphatic rings. The van der Waals surface area contributed by atoms with Crippen molar-refractivity contribution in [3.8, 4) is 0 Å². The summed E-state index contributed by atoms with van der Waals surface area (Å²) in [5.41, 5.74) is 2.81. The number of nitrogens with zero attached hydrogens (tertiary/aromatic N) is 1. The molecule has 25 heavy (non-hydrogen) atoms. The fraction of sp³-hybridized carbons (Fsp3) is 0.550. The Morgan fingerprint density at radius 2 is 2.00 bits per heavy atom. The van der Waals surface area contributed by atoms with Gasteiger partial charge in [0.15, 0.2) is 5.96 Å². The largest absolute Gasteiger partial charge is 0.377 e. The smallest absolute Gasteiger partial charge is 0.191 e. The van der Waals surface area contributed by atoms with Crippen LogP contribution >= 0.6 is 24.0 Å². The number of benzene rings is 1. The van der Waals surface area contributed by atoms with Crippen LogP contribution in [0.15, 0.2) is 47.0 Å². The monoisotopic (exact) mass is 457 g/mol. The third kappa shape index (κ3) is 7.77. The van der Waals surface area contributed by atoms with Crippen molar-refractivity contribution in [2.45, 2.75) is 45.6 Å². The Kier molecular flexibility index (Phi) is 10.8. The molecule has 0 saturated heterocycles. The SMILES string of the molecule is CCNC(=NCCC1=CCOCC1)NC(C)C(C)c1ccccc1.I. The summed E-state index contributed by atoms with van der Waals surface area (Å²) in [6.45, 7) is 9.85. The molecule has 2 atom stereocenters. The van der Waals surface area contributed by atoms with Crippen LogP contribution in [-0.4, -0.2) is 38.3 Å². The average Bonchev–Trinajstić information content (AvgIpc) is 2.63. The van der Waals surface area contributed by atoms with Gasteiger partial charge in [0.2, 0.25) is 0 Å². The summed E-state index contributed by atoms with van der Waals surface area (Å²) in [6.07, 6.45) is 4.25. The number of aliphatic imine (C=N–C) groups is 1. The maximum atomic E-state index is 5.35. The summed E-state index contributed by atoms with van der Waals surface area (Å²) >= 11 is 0. The van der Waals surface area contributed by atoms with Crippen LogP contribution in [0.1, 0.15) is 45.1 Å². The van der Waals surface area contributed by atoms with Gasteiger partial charge in [0.25, 0.3) is 0 Å². The lowest BCUT2D eigenvalue weighted by Crippen LogP contribution is -2.44. The highest BCUT2D eigenvalue weighted by atomic mass is 127. The van der Waals surface area contributed by atoms with E-state index in [4.69, 9.17) is 9.73 Å². The van der Waals surface area contributed by atoms with E-state index in [0.717, 1.165) is 45.1 Å². The van der Waals surface area contributed by atoms with E-state index in [-0.39, 0.29) is 24.0 Å². The lowest BCUT2D eigenvalue weighted by atomic mass is 9.94. The number of hydrogen-bond acceptors (Lipinski definition) is 2. The van der Waals surface area contributed by atoms with Crippen molar-refractivity contribution in [3.05, 3.63) is 47.5 Å². The number of hydrogen-bond donors (Lipinski definition) is 2. The number of nitrogens with one attached hydrogen (secondary N) is 2. The Labute approximate surface area is 169 Å². The highest BCUT2D eigenvalue weighted by Gasteiger charge is 2.15. The second-order valence-electron chi connectivity index (χ2n) is 6.33. The van der Waals surface area contributed by atoms with Gasteiger partial charge in [0.05, 0.1) is 13.2 Å². The summed E-state index contributed by atoms with van der Waals surface area (Å²) < 4.78 is 5.35. The van der Waals surface area contributed by atoms with Gasteiger partial charge in [-0.15, -0.1) is 24.0 Å². The molecule has 2 rings (SSSR count). The molecule has 0 spiro atoms. The van der Waals surface area contributed by atoms with Gasteiger partial charge in [-0.1, -0.05) is 48.9 Å². The van der Waals surface area contributed by atoms with Crippen LogP contribution in [-0.2, 0) is 4.74 Å². The van der Waals surface area contributed by atoms with Crippen LogP contribution in [0.4, 0.5) is 0 Å². The maximum absolute atomic E-state index is 5.35. The lowest BCUT2D eigenvalue weighted by molar-refractivity contribution is 0.153. The third-order valence-electron chi connectivity index (χ3n) is 4.54. The number of guanidine groups is 1. The van der Waals surface area contributed by atoms with Gasteiger partial charge in [-0.05, 0) is 32.3 Å². The zero-order chi connectivity index (χ0) is 17.2. The van der Waals surface area contributed by atoms with Crippen molar-refractivity contribution in [1.29, 1.82) is 0 Å². The highest BCUT2D eigenvalue weighted by molar-refractivity contribution is 14.0. The van der Waals surface area contributed by atoms with Crippen molar-refractivity contribution >= 4 is 29.9 Å². The van der Waals surface area contributed by atoms with E-state index in [9.17, 15) is 0 Å². The maximum Gasteiger partial charge on any atom is 0.191 e. The molecule has 2 N–H and O–H groups in total. The molecule has 2 unspecified atom stereocenters. The lowest BCUT2D eigenvalue weighted by Gasteiger charge is -2.24. The van der Waals surface area contributed by atoms with Crippen LogP contribution in [0.25, 0.3) is 0 Å². The van der Waals surface area contributed by atoms with E-state index >= 15 is 0 Å². The molecule has 5 heteroatoms. The molecule has 0 aliphatic carbocycles. The minimum atomic E-state index is 0. The molecule has 0 radical (unpaired) electrons. The number of ether oxygens (including phenoxy) is 1. The zero-order valence-electron chi connectivity index (χ0n) is 15.6. The fourth-order valence-corrected chi connectivity index (χ4v) is 2.81. The molecule has 1 aromatic rings. The summed E-state index contributed by atoms with van der Waals surface area (Å²) in [6, 6.07) is 10.9. The van der Waals surface area contributed by atoms with E-state index in [1.54, 1.807) is 0 Å². The van der Waals surface area contributed by atoms with Crippen LogP contribution in [0.2, 0.25) is 0 Å². The third-order valence-corrected chi connectivity index (χ3v) is 4.54.